The molecule has 0 spiro atoms. The molecule has 4 rings (SSSR count). The van der Waals surface area contributed by atoms with Gasteiger partial charge in [-0.05, 0) is 43.7 Å². The van der Waals surface area contributed by atoms with Gasteiger partial charge < -0.3 is 4.90 Å². The molecular formula is C25H26FN5O2. The monoisotopic (exact) mass is 447 g/mol. The Morgan fingerprint density at radius 1 is 1.06 bits per heavy atom. The number of aryl methyl sites for hydroxylation is 1. The van der Waals surface area contributed by atoms with E-state index in [4.69, 9.17) is 0 Å². The van der Waals surface area contributed by atoms with E-state index in [-0.39, 0.29) is 30.6 Å². The third kappa shape index (κ3) is 4.84. The van der Waals surface area contributed by atoms with Gasteiger partial charge in [-0.15, -0.1) is 0 Å². The number of rotatable bonds is 6. The highest BCUT2D eigenvalue weighted by atomic mass is 19.1. The molecule has 0 saturated heterocycles. The Hall–Kier alpha value is -3.81. The average molecular weight is 448 g/mol. The summed E-state index contributed by atoms with van der Waals surface area (Å²) in [6.45, 7) is 4.50. The van der Waals surface area contributed by atoms with Crippen molar-refractivity contribution in [2.75, 3.05) is 7.05 Å². The summed E-state index contributed by atoms with van der Waals surface area (Å²) in [5, 5.41) is 10.3. The molecule has 1 aliphatic rings. The number of benzene rings is 2. The molecule has 7 nitrogen and oxygen atoms in total. The number of aromatic nitrogens is 2. The van der Waals surface area contributed by atoms with Gasteiger partial charge in [-0.25, -0.2) is 14.1 Å². The first-order chi connectivity index (χ1) is 15.8. The fourth-order valence-corrected chi connectivity index (χ4v) is 3.90. The lowest BCUT2D eigenvalue weighted by atomic mass is 10.1. The standard InChI is InChI=1S/C25H26FN5O2/c1-17-22(18(2)31(27-17)21-7-5-4-6-8-21)16-29(3)25(33)23-13-14-24(32)30(28-23)15-19-9-11-20(26)12-10-19/h4-12H,13-16H2,1-3H3. The quantitative estimate of drug-likeness (QED) is 0.578. The van der Waals surface area contributed by atoms with Crippen molar-refractivity contribution in [3.8, 4) is 5.69 Å². The van der Waals surface area contributed by atoms with Crippen LogP contribution in [0.1, 0.15) is 35.4 Å². The molecule has 2 aromatic carbocycles. The van der Waals surface area contributed by atoms with E-state index in [2.05, 4.69) is 10.2 Å². The molecule has 0 N–H and O–H groups in total. The second kappa shape index (κ2) is 9.36. The van der Waals surface area contributed by atoms with Gasteiger partial charge in [0.25, 0.3) is 5.91 Å². The molecular weight excluding hydrogens is 421 g/mol. The second-order valence-corrected chi connectivity index (χ2v) is 8.18. The summed E-state index contributed by atoms with van der Waals surface area (Å²) < 4.78 is 15.0. The van der Waals surface area contributed by atoms with Crippen molar-refractivity contribution in [3.05, 3.63) is 82.9 Å². The number of carbonyl (C=O) groups excluding carboxylic acids is 2. The first-order valence-electron chi connectivity index (χ1n) is 10.8. The van der Waals surface area contributed by atoms with E-state index in [9.17, 15) is 14.0 Å². The van der Waals surface area contributed by atoms with Crippen molar-refractivity contribution in [3.63, 3.8) is 0 Å². The van der Waals surface area contributed by atoms with E-state index in [1.54, 1.807) is 24.1 Å². The molecule has 2 amide bonds. The number of hydrogen-bond donors (Lipinski definition) is 0. The summed E-state index contributed by atoms with van der Waals surface area (Å²) in [4.78, 5) is 27.1. The molecule has 3 aromatic rings. The Labute approximate surface area is 192 Å². The normalized spacial score (nSPS) is 13.8. The van der Waals surface area contributed by atoms with Crippen LogP contribution in [0.5, 0.6) is 0 Å². The van der Waals surface area contributed by atoms with Crippen LogP contribution in [0.2, 0.25) is 0 Å². The van der Waals surface area contributed by atoms with Crippen molar-refractivity contribution >= 4 is 17.5 Å². The summed E-state index contributed by atoms with van der Waals surface area (Å²) in [7, 11) is 1.73. The smallest absolute Gasteiger partial charge is 0.270 e. The van der Waals surface area contributed by atoms with Gasteiger partial charge in [0.15, 0.2) is 0 Å². The van der Waals surface area contributed by atoms with E-state index in [1.165, 1.54) is 17.1 Å². The van der Waals surface area contributed by atoms with Crippen molar-refractivity contribution < 1.29 is 14.0 Å². The van der Waals surface area contributed by atoms with Gasteiger partial charge in [-0.2, -0.15) is 10.2 Å². The minimum absolute atomic E-state index is 0.158. The molecule has 0 unspecified atom stereocenters. The number of hydrazone groups is 1. The Balaban J connectivity index is 1.50. The van der Waals surface area contributed by atoms with Gasteiger partial charge in [-0.1, -0.05) is 30.3 Å². The summed E-state index contributed by atoms with van der Waals surface area (Å²) in [5.41, 5.74) is 4.85. The second-order valence-electron chi connectivity index (χ2n) is 8.18. The lowest BCUT2D eigenvalue weighted by Crippen LogP contribution is -2.39. The van der Waals surface area contributed by atoms with Crippen LogP contribution in [0, 0.1) is 19.7 Å². The molecule has 1 aromatic heterocycles. The van der Waals surface area contributed by atoms with Crippen LogP contribution >= 0.6 is 0 Å². The maximum atomic E-state index is 13.2. The zero-order valence-corrected chi connectivity index (χ0v) is 19.0. The van der Waals surface area contributed by atoms with Crippen LogP contribution < -0.4 is 0 Å². The first kappa shape index (κ1) is 22.4. The zero-order valence-electron chi connectivity index (χ0n) is 19.0. The molecule has 2 heterocycles. The zero-order chi connectivity index (χ0) is 23.5. The van der Waals surface area contributed by atoms with Crippen molar-refractivity contribution in [2.45, 2.75) is 39.8 Å². The average Bonchev–Trinajstić information content (AvgIpc) is 3.10. The molecule has 0 bridgehead atoms. The van der Waals surface area contributed by atoms with Gasteiger partial charge in [0.05, 0.1) is 17.9 Å². The highest BCUT2D eigenvalue weighted by molar-refractivity contribution is 6.39. The van der Waals surface area contributed by atoms with Crippen LogP contribution in [0.3, 0.4) is 0 Å². The molecule has 0 aliphatic carbocycles. The minimum atomic E-state index is -0.342. The van der Waals surface area contributed by atoms with Crippen LogP contribution in [-0.2, 0) is 22.7 Å². The number of halogens is 1. The van der Waals surface area contributed by atoms with Gasteiger partial charge in [-0.3, -0.25) is 9.59 Å². The van der Waals surface area contributed by atoms with E-state index < -0.39 is 0 Å². The first-order valence-corrected chi connectivity index (χ1v) is 10.8. The number of amides is 2. The Morgan fingerprint density at radius 3 is 2.45 bits per heavy atom. The fourth-order valence-electron chi connectivity index (χ4n) is 3.90. The van der Waals surface area contributed by atoms with Crippen molar-refractivity contribution in [1.82, 2.24) is 19.7 Å². The molecule has 0 radical (unpaired) electrons. The van der Waals surface area contributed by atoms with Gasteiger partial charge >= 0.3 is 0 Å². The van der Waals surface area contributed by atoms with E-state index in [0.29, 0.717) is 18.7 Å². The molecule has 0 fully saturated rings. The third-order valence-corrected chi connectivity index (χ3v) is 5.78. The topological polar surface area (TPSA) is 70.8 Å². The van der Waals surface area contributed by atoms with E-state index >= 15 is 0 Å². The molecule has 0 saturated carbocycles. The molecule has 33 heavy (non-hydrogen) atoms. The minimum Gasteiger partial charge on any atom is -0.336 e. The lowest BCUT2D eigenvalue weighted by Gasteiger charge is -2.25. The molecule has 0 atom stereocenters. The van der Waals surface area contributed by atoms with E-state index in [1.807, 2.05) is 48.9 Å². The highest BCUT2D eigenvalue weighted by Gasteiger charge is 2.27. The Morgan fingerprint density at radius 2 is 1.76 bits per heavy atom. The maximum Gasteiger partial charge on any atom is 0.270 e. The maximum absolute atomic E-state index is 13.2. The van der Waals surface area contributed by atoms with E-state index in [0.717, 1.165) is 28.2 Å². The number of hydrogen-bond acceptors (Lipinski definition) is 4. The predicted octanol–water partition coefficient (Wildman–Crippen LogP) is 3.77. The number of carbonyl (C=O) groups is 2. The number of nitrogens with zero attached hydrogens (tertiary/aromatic N) is 5. The highest BCUT2D eigenvalue weighted by Crippen LogP contribution is 2.20. The number of para-hydroxylation sites is 1. The van der Waals surface area contributed by atoms with Crippen molar-refractivity contribution in [2.24, 2.45) is 5.10 Å². The van der Waals surface area contributed by atoms with Crippen LogP contribution in [-0.4, -0.2) is 44.3 Å². The van der Waals surface area contributed by atoms with Crippen LogP contribution in [0.4, 0.5) is 4.39 Å². The fraction of sp³-hybridized carbons (Fsp3) is 0.280. The van der Waals surface area contributed by atoms with Gasteiger partial charge in [0, 0.05) is 37.7 Å². The third-order valence-electron chi connectivity index (χ3n) is 5.78. The van der Waals surface area contributed by atoms with Crippen LogP contribution in [0.25, 0.3) is 5.69 Å². The largest absolute Gasteiger partial charge is 0.336 e. The van der Waals surface area contributed by atoms with Gasteiger partial charge in [0.2, 0.25) is 5.91 Å². The van der Waals surface area contributed by atoms with Gasteiger partial charge in [0.1, 0.15) is 11.5 Å². The summed E-state index contributed by atoms with van der Waals surface area (Å²) in [6.07, 6.45) is 0.507. The van der Waals surface area contributed by atoms with Crippen molar-refractivity contribution in [1.29, 1.82) is 0 Å². The molecule has 1 aliphatic heterocycles. The predicted molar refractivity (Wildman–Crippen MR) is 123 cm³/mol. The summed E-state index contributed by atoms with van der Waals surface area (Å²) in [5.74, 6) is -0.724. The Kier molecular flexibility index (Phi) is 6.35. The SMILES string of the molecule is Cc1nn(-c2ccccc2)c(C)c1CN(C)C(=O)C1=NN(Cc2ccc(F)cc2)C(=O)CC1. The Bertz CT molecular complexity index is 1200. The molecule has 8 heteroatoms. The summed E-state index contributed by atoms with van der Waals surface area (Å²) >= 11 is 0. The molecule has 170 valence electrons. The lowest BCUT2D eigenvalue weighted by molar-refractivity contribution is -0.132. The van der Waals surface area contributed by atoms with Crippen LogP contribution in [0.15, 0.2) is 59.7 Å². The summed E-state index contributed by atoms with van der Waals surface area (Å²) in [6, 6.07) is 15.7.